The lowest BCUT2D eigenvalue weighted by molar-refractivity contribution is 0.00578. The fraction of sp³-hybridized carbons (Fsp3) is 0.500. The minimum absolute atomic E-state index is 0.144. The normalized spacial score (nSPS) is 19.6. The molecule has 150 valence electrons. The van der Waals surface area contributed by atoms with Crippen molar-refractivity contribution in [3.05, 3.63) is 65.7 Å². The van der Waals surface area contributed by atoms with Gasteiger partial charge in [-0.05, 0) is 64.0 Å². The molecule has 28 heavy (non-hydrogen) atoms. The first kappa shape index (κ1) is 21.4. The summed E-state index contributed by atoms with van der Waals surface area (Å²) in [6.45, 7) is 15.8. The van der Waals surface area contributed by atoms with Gasteiger partial charge in [0.1, 0.15) is 0 Å². The van der Waals surface area contributed by atoms with Crippen molar-refractivity contribution in [2.24, 2.45) is 0 Å². The number of aryl methyl sites for hydroxylation is 1. The molecule has 0 bridgehead atoms. The lowest BCUT2D eigenvalue weighted by atomic mass is 9.81. The summed E-state index contributed by atoms with van der Waals surface area (Å²) in [5.41, 5.74) is 2.80. The van der Waals surface area contributed by atoms with Gasteiger partial charge in [0, 0.05) is 0 Å². The van der Waals surface area contributed by atoms with E-state index in [0.29, 0.717) is 5.54 Å². The highest BCUT2D eigenvalue weighted by atomic mass is 28.3. The van der Waals surface area contributed by atoms with Gasteiger partial charge in [-0.25, -0.2) is 0 Å². The van der Waals surface area contributed by atoms with Gasteiger partial charge in [-0.2, -0.15) is 0 Å². The van der Waals surface area contributed by atoms with E-state index in [1.165, 1.54) is 16.3 Å². The van der Waals surface area contributed by atoms with Crippen LogP contribution < -0.4 is 5.19 Å². The molecular weight excluding hydrogens is 359 g/mol. The van der Waals surface area contributed by atoms with Crippen LogP contribution in [0.15, 0.2) is 54.6 Å². The zero-order chi connectivity index (χ0) is 20.6. The molecule has 0 aliphatic carbocycles. The molecule has 0 radical (unpaired) electrons. The Hall–Kier alpha value is -1.36. The summed E-state index contributed by atoms with van der Waals surface area (Å²) in [7, 11) is -1.88. The highest BCUT2D eigenvalue weighted by Crippen LogP contribution is 2.41. The molecule has 1 fully saturated rings. The van der Waals surface area contributed by atoms with Crippen LogP contribution in [0, 0.1) is 6.92 Å². The highest BCUT2D eigenvalue weighted by Gasteiger charge is 2.52. The Morgan fingerprint density at radius 2 is 1.39 bits per heavy atom. The minimum atomic E-state index is -1.73. The van der Waals surface area contributed by atoms with Crippen LogP contribution in [-0.4, -0.2) is 26.4 Å². The SMILES string of the molecule is Cc1ccccc1CC(CB1OC(C)(C)C(C)(C)O1)[Si](C)(C)c1ccccc1. The van der Waals surface area contributed by atoms with E-state index >= 15 is 0 Å². The first-order chi connectivity index (χ1) is 13.0. The fourth-order valence-electron chi connectivity index (χ4n) is 4.13. The monoisotopic (exact) mass is 394 g/mol. The molecule has 1 saturated heterocycles. The first-order valence-corrected chi connectivity index (χ1v) is 13.6. The maximum Gasteiger partial charge on any atom is 0.457 e. The quantitative estimate of drug-likeness (QED) is 0.593. The second kappa shape index (κ2) is 7.81. The summed E-state index contributed by atoms with van der Waals surface area (Å²) < 4.78 is 12.8. The Kier molecular flexibility index (Phi) is 5.96. The largest absolute Gasteiger partial charge is 0.457 e. The molecule has 1 heterocycles. The van der Waals surface area contributed by atoms with E-state index in [1.807, 2.05) is 0 Å². The Morgan fingerprint density at radius 1 is 0.857 bits per heavy atom. The van der Waals surface area contributed by atoms with Gasteiger partial charge in [0.2, 0.25) is 0 Å². The number of hydrogen-bond donors (Lipinski definition) is 0. The molecule has 1 atom stereocenters. The first-order valence-electron chi connectivity index (χ1n) is 10.5. The average Bonchev–Trinajstić information content (AvgIpc) is 2.83. The minimum Gasteiger partial charge on any atom is -0.403 e. The maximum absolute atomic E-state index is 6.39. The second-order valence-corrected chi connectivity index (χ2v) is 14.7. The van der Waals surface area contributed by atoms with Crippen LogP contribution in [0.25, 0.3) is 0 Å². The molecule has 4 heteroatoms. The van der Waals surface area contributed by atoms with E-state index in [2.05, 4.69) is 102 Å². The molecule has 0 N–H and O–H groups in total. The van der Waals surface area contributed by atoms with Crippen molar-refractivity contribution in [3.63, 3.8) is 0 Å². The molecule has 1 aliphatic rings. The van der Waals surface area contributed by atoms with Crippen LogP contribution in [0.2, 0.25) is 25.0 Å². The molecule has 2 aromatic rings. The van der Waals surface area contributed by atoms with Crippen molar-refractivity contribution in [1.82, 2.24) is 0 Å². The summed E-state index contributed by atoms with van der Waals surface area (Å²) in [6, 6.07) is 19.8. The van der Waals surface area contributed by atoms with Crippen LogP contribution >= 0.6 is 0 Å². The molecule has 2 aromatic carbocycles. The van der Waals surface area contributed by atoms with E-state index in [9.17, 15) is 0 Å². The van der Waals surface area contributed by atoms with E-state index in [1.54, 1.807) is 0 Å². The van der Waals surface area contributed by atoms with Crippen molar-refractivity contribution in [2.75, 3.05) is 0 Å². The Labute approximate surface area is 172 Å². The summed E-state index contributed by atoms with van der Waals surface area (Å²) in [5, 5.41) is 1.50. The summed E-state index contributed by atoms with van der Waals surface area (Å²) in [5.74, 6) is 0. The van der Waals surface area contributed by atoms with Gasteiger partial charge in [0.15, 0.2) is 0 Å². The zero-order valence-electron chi connectivity index (χ0n) is 18.6. The van der Waals surface area contributed by atoms with Crippen LogP contribution in [0.3, 0.4) is 0 Å². The summed E-state index contributed by atoms with van der Waals surface area (Å²) in [4.78, 5) is 0. The standard InChI is InChI=1S/C24H35BO2Si/c1-19-13-11-12-14-20(19)17-22(28(6,7)21-15-9-8-10-16-21)18-25-26-23(2,3)24(4,5)27-25/h8-16,22H,17-18H2,1-7H3. The Morgan fingerprint density at radius 3 is 1.96 bits per heavy atom. The smallest absolute Gasteiger partial charge is 0.403 e. The summed E-state index contributed by atoms with van der Waals surface area (Å²) in [6.07, 6.45) is 2.01. The van der Waals surface area contributed by atoms with Crippen LogP contribution in [0.4, 0.5) is 0 Å². The molecule has 2 nitrogen and oxygen atoms in total. The lowest BCUT2D eigenvalue weighted by Gasteiger charge is -2.34. The molecular formula is C24H35BO2Si. The van der Waals surface area contributed by atoms with Crippen LogP contribution in [-0.2, 0) is 15.7 Å². The molecule has 0 amide bonds. The van der Waals surface area contributed by atoms with Gasteiger partial charge in [-0.15, -0.1) is 0 Å². The van der Waals surface area contributed by atoms with Gasteiger partial charge in [0.05, 0.1) is 19.3 Å². The lowest BCUT2D eigenvalue weighted by Crippen LogP contribution is -2.48. The maximum atomic E-state index is 6.39. The second-order valence-electron chi connectivity index (χ2n) is 9.84. The molecule has 1 aliphatic heterocycles. The third-order valence-electron chi connectivity index (χ3n) is 7.05. The van der Waals surface area contributed by atoms with E-state index < -0.39 is 8.07 Å². The number of hydrogen-bond acceptors (Lipinski definition) is 2. The Bertz CT molecular complexity index is 785. The third-order valence-corrected chi connectivity index (χ3v) is 11.3. The van der Waals surface area contributed by atoms with Crippen LogP contribution in [0.1, 0.15) is 38.8 Å². The van der Waals surface area contributed by atoms with Crippen molar-refractivity contribution >= 4 is 20.4 Å². The number of rotatable bonds is 6. The van der Waals surface area contributed by atoms with Crippen molar-refractivity contribution < 1.29 is 9.31 Å². The average molecular weight is 394 g/mol. The third kappa shape index (κ3) is 4.29. The molecule has 1 unspecified atom stereocenters. The van der Waals surface area contributed by atoms with Gasteiger partial charge in [0.25, 0.3) is 0 Å². The van der Waals surface area contributed by atoms with E-state index in [4.69, 9.17) is 9.31 Å². The van der Waals surface area contributed by atoms with Gasteiger partial charge >= 0.3 is 7.12 Å². The van der Waals surface area contributed by atoms with E-state index in [-0.39, 0.29) is 18.3 Å². The van der Waals surface area contributed by atoms with Gasteiger partial charge < -0.3 is 9.31 Å². The van der Waals surface area contributed by atoms with Crippen LogP contribution in [0.5, 0.6) is 0 Å². The van der Waals surface area contributed by atoms with Crippen molar-refractivity contribution in [3.8, 4) is 0 Å². The van der Waals surface area contributed by atoms with Crippen molar-refractivity contribution in [2.45, 2.75) is 77.2 Å². The predicted octanol–water partition coefficient (Wildman–Crippen LogP) is 5.62. The topological polar surface area (TPSA) is 18.5 Å². The number of benzene rings is 2. The predicted molar refractivity (Wildman–Crippen MR) is 123 cm³/mol. The Balaban J connectivity index is 1.90. The van der Waals surface area contributed by atoms with Crippen molar-refractivity contribution in [1.29, 1.82) is 0 Å². The molecule has 3 rings (SSSR count). The summed E-state index contributed by atoms with van der Waals surface area (Å²) >= 11 is 0. The zero-order valence-corrected chi connectivity index (χ0v) is 19.6. The molecule has 0 aromatic heterocycles. The van der Waals surface area contributed by atoms with Gasteiger partial charge in [-0.3, -0.25) is 0 Å². The van der Waals surface area contributed by atoms with E-state index in [0.717, 1.165) is 12.7 Å². The molecule has 0 spiro atoms. The van der Waals surface area contributed by atoms with Gasteiger partial charge in [-0.1, -0.05) is 72.9 Å². The molecule has 0 saturated carbocycles. The highest BCUT2D eigenvalue weighted by molar-refractivity contribution is 6.91. The fourth-order valence-corrected chi connectivity index (χ4v) is 7.17.